The molecule has 144 valence electrons. The molecule has 0 aliphatic rings. The molecule has 2 N–H and O–H groups in total. The van der Waals surface area contributed by atoms with E-state index >= 15 is 0 Å². The number of nitrogens with two attached hydrogens (primary N) is 1. The summed E-state index contributed by atoms with van der Waals surface area (Å²) in [5.74, 6) is -0.127. The van der Waals surface area contributed by atoms with Crippen molar-refractivity contribution in [3.05, 3.63) is 0 Å². The molecule has 0 rings (SSSR count). The Morgan fingerprint density at radius 3 is 1.79 bits per heavy atom. The maximum atomic E-state index is 11.5. The molecule has 0 aromatic rings. The van der Waals surface area contributed by atoms with Crippen LogP contribution in [0.3, 0.4) is 0 Å². The molecule has 0 spiro atoms. The van der Waals surface area contributed by atoms with E-state index in [1.807, 2.05) is 0 Å². The number of methoxy groups -OCH3 is 1. The van der Waals surface area contributed by atoms with E-state index in [1.54, 1.807) is 7.11 Å². The summed E-state index contributed by atoms with van der Waals surface area (Å²) in [5.41, 5.74) is 5.46. The van der Waals surface area contributed by atoms with E-state index in [9.17, 15) is 4.79 Å². The zero-order valence-corrected chi connectivity index (χ0v) is 15.4. The van der Waals surface area contributed by atoms with Gasteiger partial charge in [0.25, 0.3) is 0 Å². The van der Waals surface area contributed by atoms with Gasteiger partial charge in [0.2, 0.25) is 0 Å². The molecule has 0 fully saturated rings. The van der Waals surface area contributed by atoms with Crippen LogP contribution in [0.25, 0.3) is 0 Å². The fourth-order valence-electron chi connectivity index (χ4n) is 2.23. The van der Waals surface area contributed by atoms with E-state index in [-0.39, 0.29) is 5.97 Å². The molecule has 0 atom stereocenters. The van der Waals surface area contributed by atoms with Gasteiger partial charge < -0.3 is 24.7 Å². The average Bonchev–Trinajstić information content (AvgIpc) is 2.59. The van der Waals surface area contributed by atoms with Crippen LogP contribution < -0.4 is 5.73 Å². The van der Waals surface area contributed by atoms with Crippen molar-refractivity contribution in [1.29, 1.82) is 0 Å². The van der Waals surface area contributed by atoms with E-state index in [4.69, 9.17) is 24.7 Å². The summed E-state index contributed by atoms with van der Waals surface area (Å²) in [6.07, 6.45) is 9.89. The lowest BCUT2D eigenvalue weighted by Gasteiger charge is -2.07. The van der Waals surface area contributed by atoms with Gasteiger partial charge in [0.15, 0.2) is 0 Å². The second-order valence-electron chi connectivity index (χ2n) is 5.81. The molecule has 0 aromatic carbocycles. The first-order valence-electron chi connectivity index (χ1n) is 9.31. The van der Waals surface area contributed by atoms with Gasteiger partial charge in [0, 0.05) is 13.5 Å². The summed E-state index contributed by atoms with van der Waals surface area (Å²) < 4.78 is 20.5. The highest BCUT2D eigenvalue weighted by Gasteiger charge is 2.02. The Bertz CT molecular complexity index is 240. The highest BCUT2D eigenvalue weighted by molar-refractivity contribution is 5.69. The molecule has 0 unspecified atom stereocenters. The maximum Gasteiger partial charge on any atom is 0.305 e. The molecule has 0 amide bonds. The van der Waals surface area contributed by atoms with Gasteiger partial charge in [-0.15, -0.1) is 0 Å². The average molecular weight is 347 g/mol. The number of unbranched alkanes of at least 4 members (excludes halogenated alkanes) is 7. The first kappa shape index (κ1) is 23.3. The van der Waals surface area contributed by atoms with Gasteiger partial charge >= 0.3 is 5.97 Å². The molecule has 0 heterocycles. The highest BCUT2D eigenvalue weighted by Crippen LogP contribution is 2.09. The fraction of sp³-hybridized carbons (Fsp3) is 0.944. The molecule has 0 saturated carbocycles. The minimum atomic E-state index is -0.127. The van der Waals surface area contributed by atoms with Gasteiger partial charge in [0.1, 0.15) is 6.61 Å². The highest BCUT2D eigenvalue weighted by atomic mass is 16.6. The third kappa shape index (κ3) is 19.4. The number of hydrogen-bond acceptors (Lipinski definition) is 6. The molecule has 24 heavy (non-hydrogen) atoms. The Balaban J connectivity index is 3.13. The predicted octanol–water partition coefficient (Wildman–Crippen LogP) is 2.68. The number of carbonyl (C=O) groups excluding carboxylic acids is 1. The van der Waals surface area contributed by atoms with E-state index in [2.05, 4.69) is 0 Å². The minimum Gasteiger partial charge on any atom is -0.463 e. The predicted molar refractivity (Wildman–Crippen MR) is 95.1 cm³/mol. The van der Waals surface area contributed by atoms with E-state index in [0.29, 0.717) is 46.1 Å². The molecule has 6 heteroatoms. The Morgan fingerprint density at radius 1 is 0.708 bits per heavy atom. The van der Waals surface area contributed by atoms with Crippen LogP contribution in [0.1, 0.15) is 57.8 Å². The normalized spacial score (nSPS) is 10.9. The van der Waals surface area contributed by atoms with E-state index < -0.39 is 0 Å². The third-order valence-electron chi connectivity index (χ3n) is 3.63. The lowest BCUT2D eigenvalue weighted by molar-refractivity contribution is -0.145. The molecule has 0 aliphatic heterocycles. The number of ether oxygens (including phenoxy) is 4. The standard InChI is InChI=1S/C18H37NO5/c1-21-12-13-22-14-15-23-16-17-24-18(20)10-8-6-4-2-3-5-7-9-11-19/h2-17,19H2,1H3. The van der Waals surface area contributed by atoms with Crippen LogP contribution in [0.5, 0.6) is 0 Å². The summed E-state index contributed by atoms with van der Waals surface area (Å²) in [4.78, 5) is 11.5. The van der Waals surface area contributed by atoms with Gasteiger partial charge in [-0.3, -0.25) is 4.79 Å². The van der Waals surface area contributed by atoms with Crippen molar-refractivity contribution < 1.29 is 23.7 Å². The van der Waals surface area contributed by atoms with Gasteiger partial charge in [-0.25, -0.2) is 0 Å². The zero-order chi connectivity index (χ0) is 17.7. The van der Waals surface area contributed by atoms with Crippen molar-refractivity contribution in [3.8, 4) is 0 Å². The van der Waals surface area contributed by atoms with Crippen LogP contribution in [0, 0.1) is 0 Å². The van der Waals surface area contributed by atoms with Crippen LogP contribution in [-0.4, -0.2) is 59.3 Å². The van der Waals surface area contributed by atoms with Crippen molar-refractivity contribution in [2.45, 2.75) is 57.8 Å². The van der Waals surface area contributed by atoms with E-state index in [1.165, 1.54) is 32.1 Å². The van der Waals surface area contributed by atoms with Crippen LogP contribution in [0.15, 0.2) is 0 Å². The molecule has 0 radical (unpaired) electrons. The molecule has 0 aromatic heterocycles. The fourth-order valence-corrected chi connectivity index (χ4v) is 2.23. The maximum absolute atomic E-state index is 11.5. The summed E-state index contributed by atoms with van der Waals surface area (Å²) in [6.45, 7) is 3.74. The van der Waals surface area contributed by atoms with Crippen LogP contribution in [0.4, 0.5) is 0 Å². The Labute approximate surface area is 147 Å². The quantitative estimate of drug-likeness (QED) is 0.286. The molecule has 0 bridgehead atoms. The molecule has 6 nitrogen and oxygen atoms in total. The molecular formula is C18H37NO5. The number of esters is 1. The largest absolute Gasteiger partial charge is 0.463 e. The third-order valence-corrected chi connectivity index (χ3v) is 3.63. The van der Waals surface area contributed by atoms with Crippen LogP contribution in [-0.2, 0) is 23.7 Å². The van der Waals surface area contributed by atoms with Gasteiger partial charge in [0.05, 0.1) is 33.0 Å². The lowest BCUT2D eigenvalue weighted by Crippen LogP contribution is -2.13. The topological polar surface area (TPSA) is 80.0 Å². The Hall–Kier alpha value is -0.690. The Kier molecular flexibility index (Phi) is 19.8. The number of rotatable bonds is 19. The van der Waals surface area contributed by atoms with Crippen LogP contribution in [0.2, 0.25) is 0 Å². The monoisotopic (exact) mass is 347 g/mol. The number of hydrogen-bond donors (Lipinski definition) is 1. The van der Waals surface area contributed by atoms with Crippen molar-refractivity contribution in [1.82, 2.24) is 0 Å². The van der Waals surface area contributed by atoms with Gasteiger partial charge in [-0.1, -0.05) is 38.5 Å². The van der Waals surface area contributed by atoms with Crippen molar-refractivity contribution in [2.24, 2.45) is 5.73 Å². The van der Waals surface area contributed by atoms with Gasteiger partial charge in [-0.05, 0) is 19.4 Å². The summed E-state index contributed by atoms with van der Waals surface area (Å²) in [5, 5.41) is 0. The van der Waals surface area contributed by atoms with Crippen molar-refractivity contribution >= 4 is 5.97 Å². The van der Waals surface area contributed by atoms with Gasteiger partial charge in [-0.2, -0.15) is 0 Å². The molecule has 0 aliphatic carbocycles. The van der Waals surface area contributed by atoms with Crippen molar-refractivity contribution in [2.75, 3.05) is 53.3 Å². The Morgan fingerprint density at radius 2 is 1.21 bits per heavy atom. The second kappa shape index (κ2) is 20.4. The number of carbonyl (C=O) groups is 1. The van der Waals surface area contributed by atoms with E-state index in [0.717, 1.165) is 25.8 Å². The smallest absolute Gasteiger partial charge is 0.305 e. The summed E-state index contributed by atoms with van der Waals surface area (Å²) in [7, 11) is 1.64. The summed E-state index contributed by atoms with van der Waals surface area (Å²) >= 11 is 0. The summed E-state index contributed by atoms with van der Waals surface area (Å²) in [6, 6.07) is 0. The molecule has 0 saturated heterocycles. The zero-order valence-electron chi connectivity index (χ0n) is 15.4. The molecular weight excluding hydrogens is 310 g/mol. The first-order chi connectivity index (χ1) is 11.8. The van der Waals surface area contributed by atoms with Crippen LogP contribution >= 0.6 is 0 Å². The van der Waals surface area contributed by atoms with Crippen molar-refractivity contribution in [3.63, 3.8) is 0 Å². The SMILES string of the molecule is COCCOCCOCCOC(=O)CCCCCCCCCCN. The minimum absolute atomic E-state index is 0.127. The second-order valence-corrected chi connectivity index (χ2v) is 5.81. The first-order valence-corrected chi connectivity index (χ1v) is 9.31. The lowest BCUT2D eigenvalue weighted by atomic mass is 10.1.